The molecular weight excluding hydrogens is 260 g/mol. The van der Waals surface area contributed by atoms with E-state index >= 15 is 0 Å². The molecule has 0 aromatic carbocycles. The monoisotopic (exact) mass is 274 g/mol. The van der Waals surface area contributed by atoms with Crippen molar-refractivity contribution in [2.75, 3.05) is 12.3 Å². The highest BCUT2D eigenvalue weighted by molar-refractivity contribution is 7.89. The molecule has 17 heavy (non-hydrogen) atoms. The van der Waals surface area contributed by atoms with Gasteiger partial charge in [-0.15, -0.1) is 11.3 Å². The van der Waals surface area contributed by atoms with Crippen LogP contribution in [0, 0.1) is 0 Å². The molecule has 0 fully saturated rings. The van der Waals surface area contributed by atoms with E-state index in [1.54, 1.807) is 11.6 Å². The first-order chi connectivity index (χ1) is 8.06. The predicted octanol–water partition coefficient (Wildman–Crippen LogP) is 1.06. The van der Waals surface area contributed by atoms with Crippen LogP contribution in [0.3, 0.4) is 0 Å². The van der Waals surface area contributed by atoms with Gasteiger partial charge in [-0.2, -0.15) is 0 Å². The molecule has 6 nitrogen and oxygen atoms in total. The minimum absolute atomic E-state index is 0.0323. The second kappa shape index (κ2) is 4.63. The van der Waals surface area contributed by atoms with Crippen LogP contribution in [0.1, 0.15) is 19.8 Å². The summed E-state index contributed by atoms with van der Waals surface area (Å²) in [5.74, 6) is 0.0425. The number of nitrogens with one attached hydrogen (secondary N) is 1. The fourth-order valence-corrected chi connectivity index (χ4v) is 3.56. The molecule has 0 saturated carbocycles. The highest BCUT2D eigenvalue weighted by Crippen LogP contribution is 2.22. The summed E-state index contributed by atoms with van der Waals surface area (Å²) in [4.78, 5) is 4.59. The molecule has 0 aliphatic rings. The Morgan fingerprint density at radius 1 is 1.59 bits per heavy atom. The van der Waals surface area contributed by atoms with Crippen LogP contribution < -0.4 is 10.5 Å². The number of sulfonamides is 1. The van der Waals surface area contributed by atoms with Crippen LogP contribution in [0.4, 0.5) is 5.82 Å². The first kappa shape index (κ1) is 12.3. The zero-order chi connectivity index (χ0) is 12.5. The summed E-state index contributed by atoms with van der Waals surface area (Å²) in [6, 6.07) is 0. The molecule has 94 valence electrons. The molecule has 0 aliphatic carbocycles. The fraction of sp³-hybridized carbons (Fsp3) is 0.444. The number of hydrogen-bond donors (Lipinski definition) is 2. The standard InChI is InChI=1S/C9H14N4O2S2/c1-2-3-4-11-17(14,15)8-7(10)12-9-13(8)5-6-16-9/h5-6,11H,2-4,10H2,1H3. The summed E-state index contributed by atoms with van der Waals surface area (Å²) in [6.45, 7) is 2.41. The number of thiazole rings is 1. The van der Waals surface area contributed by atoms with Gasteiger partial charge < -0.3 is 5.73 Å². The van der Waals surface area contributed by atoms with E-state index in [-0.39, 0.29) is 10.8 Å². The lowest BCUT2D eigenvalue weighted by Crippen LogP contribution is -2.26. The summed E-state index contributed by atoms with van der Waals surface area (Å²) < 4.78 is 28.1. The summed E-state index contributed by atoms with van der Waals surface area (Å²) >= 11 is 1.35. The molecule has 2 heterocycles. The molecule has 2 rings (SSSR count). The Morgan fingerprint density at radius 2 is 2.35 bits per heavy atom. The summed E-state index contributed by atoms with van der Waals surface area (Å²) in [7, 11) is -3.58. The van der Waals surface area contributed by atoms with Gasteiger partial charge in [0.2, 0.25) is 0 Å². The molecular formula is C9H14N4O2S2. The maximum Gasteiger partial charge on any atom is 0.260 e. The molecule has 0 amide bonds. The van der Waals surface area contributed by atoms with Crippen LogP contribution in [0.15, 0.2) is 16.6 Å². The number of nitrogens with two attached hydrogens (primary N) is 1. The number of hydrogen-bond acceptors (Lipinski definition) is 5. The highest BCUT2D eigenvalue weighted by Gasteiger charge is 2.23. The average Bonchev–Trinajstić information content (AvgIpc) is 2.76. The third kappa shape index (κ3) is 2.28. The SMILES string of the molecule is CCCCNS(=O)(=O)c1c(N)nc2sccn12. The van der Waals surface area contributed by atoms with Crippen LogP contribution in [0.5, 0.6) is 0 Å². The summed E-state index contributed by atoms with van der Waals surface area (Å²) in [5, 5.41) is 1.80. The number of anilines is 1. The molecule has 0 aliphatic heterocycles. The Labute approximate surface area is 104 Å². The smallest absolute Gasteiger partial charge is 0.260 e. The van der Waals surface area contributed by atoms with Gasteiger partial charge in [0, 0.05) is 18.1 Å². The Balaban J connectivity index is 2.37. The van der Waals surface area contributed by atoms with Crippen molar-refractivity contribution in [3.63, 3.8) is 0 Å². The molecule has 0 saturated heterocycles. The van der Waals surface area contributed by atoms with E-state index in [0.29, 0.717) is 11.5 Å². The van der Waals surface area contributed by atoms with Crippen LogP contribution in [-0.2, 0) is 10.0 Å². The topological polar surface area (TPSA) is 89.5 Å². The molecule has 0 bridgehead atoms. The number of unbranched alkanes of at least 4 members (excludes halogenated alkanes) is 1. The third-order valence-electron chi connectivity index (χ3n) is 2.32. The van der Waals surface area contributed by atoms with Gasteiger partial charge in [-0.1, -0.05) is 13.3 Å². The van der Waals surface area contributed by atoms with Crippen molar-refractivity contribution in [1.82, 2.24) is 14.1 Å². The van der Waals surface area contributed by atoms with E-state index in [2.05, 4.69) is 9.71 Å². The lowest BCUT2D eigenvalue weighted by molar-refractivity contribution is 0.574. The molecule has 2 aromatic heterocycles. The maximum atomic E-state index is 12.1. The molecule has 0 atom stereocenters. The van der Waals surface area contributed by atoms with Crippen molar-refractivity contribution >= 4 is 32.1 Å². The molecule has 8 heteroatoms. The Hall–Kier alpha value is -1.12. The van der Waals surface area contributed by atoms with Gasteiger partial charge in [-0.05, 0) is 6.42 Å². The van der Waals surface area contributed by atoms with Crippen LogP contribution in [-0.4, -0.2) is 24.3 Å². The van der Waals surface area contributed by atoms with Gasteiger partial charge in [0.25, 0.3) is 10.0 Å². The van der Waals surface area contributed by atoms with Crippen LogP contribution >= 0.6 is 11.3 Å². The molecule has 3 N–H and O–H groups in total. The van der Waals surface area contributed by atoms with Crippen molar-refractivity contribution < 1.29 is 8.42 Å². The number of rotatable bonds is 5. The quantitative estimate of drug-likeness (QED) is 0.798. The van der Waals surface area contributed by atoms with Crippen molar-refractivity contribution in [2.45, 2.75) is 24.8 Å². The lowest BCUT2D eigenvalue weighted by Gasteiger charge is -2.05. The van der Waals surface area contributed by atoms with Gasteiger partial charge in [0.1, 0.15) is 0 Å². The lowest BCUT2D eigenvalue weighted by atomic mass is 10.3. The van der Waals surface area contributed by atoms with Crippen molar-refractivity contribution in [1.29, 1.82) is 0 Å². The van der Waals surface area contributed by atoms with E-state index in [9.17, 15) is 8.42 Å². The Morgan fingerprint density at radius 3 is 3.06 bits per heavy atom. The predicted molar refractivity (Wildman–Crippen MR) is 67.6 cm³/mol. The first-order valence-corrected chi connectivity index (χ1v) is 7.63. The van der Waals surface area contributed by atoms with E-state index in [4.69, 9.17) is 5.73 Å². The summed E-state index contributed by atoms with van der Waals surface area (Å²) in [6.07, 6.45) is 3.38. The first-order valence-electron chi connectivity index (χ1n) is 5.27. The fourth-order valence-electron chi connectivity index (χ4n) is 1.50. The number of aromatic nitrogens is 2. The van der Waals surface area contributed by atoms with Gasteiger partial charge in [-0.3, -0.25) is 4.40 Å². The minimum Gasteiger partial charge on any atom is -0.381 e. The van der Waals surface area contributed by atoms with E-state index in [1.807, 2.05) is 6.92 Å². The molecule has 2 aromatic rings. The third-order valence-corrected chi connectivity index (χ3v) is 4.58. The maximum absolute atomic E-state index is 12.1. The van der Waals surface area contributed by atoms with Crippen molar-refractivity contribution in [2.24, 2.45) is 0 Å². The van der Waals surface area contributed by atoms with E-state index in [0.717, 1.165) is 12.8 Å². The molecule has 0 unspecified atom stereocenters. The van der Waals surface area contributed by atoms with Crippen LogP contribution in [0.2, 0.25) is 0 Å². The second-order valence-electron chi connectivity index (χ2n) is 3.61. The number of imidazole rings is 1. The van der Waals surface area contributed by atoms with E-state index < -0.39 is 10.0 Å². The summed E-state index contributed by atoms with van der Waals surface area (Å²) in [5.41, 5.74) is 5.64. The van der Waals surface area contributed by atoms with Gasteiger partial charge >= 0.3 is 0 Å². The zero-order valence-corrected chi connectivity index (χ0v) is 11.0. The Bertz CT molecular complexity index is 614. The highest BCUT2D eigenvalue weighted by atomic mass is 32.2. The van der Waals surface area contributed by atoms with Gasteiger partial charge in [0.05, 0.1) is 0 Å². The van der Waals surface area contributed by atoms with Crippen molar-refractivity contribution in [3.05, 3.63) is 11.6 Å². The van der Waals surface area contributed by atoms with Crippen molar-refractivity contribution in [3.8, 4) is 0 Å². The second-order valence-corrected chi connectivity index (χ2v) is 6.16. The number of fused-ring (bicyclic) bond motifs is 1. The normalized spacial score (nSPS) is 12.3. The van der Waals surface area contributed by atoms with Gasteiger partial charge in [0.15, 0.2) is 15.8 Å². The number of nitrogens with zero attached hydrogens (tertiary/aromatic N) is 2. The van der Waals surface area contributed by atoms with Crippen LogP contribution in [0.25, 0.3) is 4.96 Å². The van der Waals surface area contributed by atoms with Gasteiger partial charge in [-0.25, -0.2) is 18.1 Å². The minimum atomic E-state index is -3.58. The zero-order valence-electron chi connectivity index (χ0n) is 9.38. The average molecular weight is 274 g/mol. The van der Waals surface area contributed by atoms with E-state index in [1.165, 1.54) is 15.7 Å². The molecule has 0 spiro atoms. The largest absolute Gasteiger partial charge is 0.381 e. The number of nitrogen functional groups attached to an aromatic ring is 1. The molecule has 0 radical (unpaired) electrons. The Kier molecular flexibility index (Phi) is 3.36.